The van der Waals surface area contributed by atoms with E-state index in [9.17, 15) is 9.90 Å². The SMILES string of the molecule is COc1cccc(C2(CC(=O)O)CC2)c1OC1CCCC1. The predicted molar refractivity (Wildman–Crippen MR) is 79.0 cm³/mol. The van der Waals surface area contributed by atoms with Gasteiger partial charge in [-0.1, -0.05) is 12.1 Å². The Morgan fingerprint density at radius 2 is 2.05 bits per heavy atom. The molecule has 0 atom stereocenters. The molecule has 114 valence electrons. The third-order valence-electron chi connectivity index (χ3n) is 4.70. The number of carboxylic acid groups (broad SMARTS) is 1. The number of benzene rings is 1. The largest absolute Gasteiger partial charge is 0.493 e. The van der Waals surface area contributed by atoms with Gasteiger partial charge in [0.2, 0.25) is 0 Å². The lowest BCUT2D eigenvalue weighted by Crippen LogP contribution is -2.18. The van der Waals surface area contributed by atoms with Gasteiger partial charge in [-0.15, -0.1) is 0 Å². The third kappa shape index (κ3) is 2.85. The zero-order valence-corrected chi connectivity index (χ0v) is 12.4. The van der Waals surface area contributed by atoms with Crippen LogP contribution in [0.15, 0.2) is 18.2 Å². The number of aliphatic carboxylic acids is 1. The molecule has 4 heteroatoms. The number of ether oxygens (including phenoxy) is 2. The topological polar surface area (TPSA) is 55.8 Å². The van der Waals surface area contributed by atoms with Crippen molar-refractivity contribution in [2.24, 2.45) is 0 Å². The Bertz CT molecular complexity index is 528. The second kappa shape index (κ2) is 5.58. The fourth-order valence-corrected chi connectivity index (χ4v) is 3.37. The molecule has 0 bridgehead atoms. The van der Waals surface area contributed by atoms with Gasteiger partial charge in [0.1, 0.15) is 0 Å². The maximum atomic E-state index is 11.2. The van der Waals surface area contributed by atoms with Gasteiger partial charge in [0.05, 0.1) is 19.6 Å². The van der Waals surface area contributed by atoms with Crippen molar-refractivity contribution in [1.29, 1.82) is 0 Å². The highest BCUT2D eigenvalue weighted by molar-refractivity contribution is 5.71. The van der Waals surface area contributed by atoms with E-state index in [0.29, 0.717) is 0 Å². The average molecular weight is 290 g/mol. The van der Waals surface area contributed by atoms with Gasteiger partial charge in [-0.05, 0) is 44.6 Å². The molecule has 0 saturated heterocycles. The summed E-state index contributed by atoms with van der Waals surface area (Å²) in [6, 6.07) is 5.82. The molecule has 0 radical (unpaired) electrons. The summed E-state index contributed by atoms with van der Waals surface area (Å²) >= 11 is 0. The van der Waals surface area contributed by atoms with Crippen molar-refractivity contribution in [1.82, 2.24) is 0 Å². The van der Waals surface area contributed by atoms with Gasteiger partial charge in [0, 0.05) is 11.0 Å². The average Bonchev–Trinajstić information content (AvgIpc) is 3.04. The van der Waals surface area contributed by atoms with Crippen LogP contribution in [-0.4, -0.2) is 24.3 Å². The first-order valence-corrected chi connectivity index (χ1v) is 7.70. The van der Waals surface area contributed by atoms with Gasteiger partial charge in [-0.3, -0.25) is 4.79 Å². The molecule has 1 aromatic carbocycles. The zero-order valence-electron chi connectivity index (χ0n) is 12.4. The Morgan fingerprint density at radius 1 is 1.33 bits per heavy atom. The van der Waals surface area contributed by atoms with Crippen LogP contribution in [0.3, 0.4) is 0 Å². The molecule has 4 nitrogen and oxygen atoms in total. The van der Waals surface area contributed by atoms with E-state index in [4.69, 9.17) is 9.47 Å². The summed E-state index contributed by atoms with van der Waals surface area (Å²) < 4.78 is 11.7. The van der Waals surface area contributed by atoms with Crippen LogP contribution >= 0.6 is 0 Å². The van der Waals surface area contributed by atoms with Gasteiger partial charge in [-0.2, -0.15) is 0 Å². The van der Waals surface area contributed by atoms with Crippen LogP contribution in [0.1, 0.15) is 50.5 Å². The van der Waals surface area contributed by atoms with Gasteiger partial charge in [0.15, 0.2) is 11.5 Å². The monoisotopic (exact) mass is 290 g/mol. The molecule has 0 heterocycles. The summed E-state index contributed by atoms with van der Waals surface area (Å²) in [5, 5.41) is 9.18. The molecule has 2 fully saturated rings. The van der Waals surface area contributed by atoms with Crippen molar-refractivity contribution in [3.63, 3.8) is 0 Å². The number of carboxylic acids is 1. The molecule has 21 heavy (non-hydrogen) atoms. The maximum Gasteiger partial charge on any atom is 0.304 e. The first-order chi connectivity index (χ1) is 10.1. The Labute approximate surface area is 125 Å². The van der Waals surface area contributed by atoms with Crippen molar-refractivity contribution in [3.05, 3.63) is 23.8 Å². The minimum absolute atomic E-state index is 0.168. The van der Waals surface area contributed by atoms with Crippen LogP contribution in [0.2, 0.25) is 0 Å². The second-order valence-electron chi connectivity index (χ2n) is 6.21. The lowest BCUT2D eigenvalue weighted by Gasteiger charge is -2.23. The Kier molecular flexibility index (Phi) is 3.79. The molecule has 0 aromatic heterocycles. The highest BCUT2D eigenvalue weighted by atomic mass is 16.5. The molecule has 0 amide bonds. The van der Waals surface area contributed by atoms with Crippen molar-refractivity contribution in [2.45, 2.75) is 56.5 Å². The van der Waals surface area contributed by atoms with E-state index in [1.807, 2.05) is 18.2 Å². The molecule has 0 spiro atoms. The van der Waals surface area contributed by atoms with Crippen LogP contribution in [0.4, 0.5) is 0 Å². The standard InChI is InChI=1S/C17H22O4/c1-20-14-8-4-7-13(17(9-10-17)11-15(18)19)16(14)21-12-5-2-3-6-12/h4,7-8,12H,2-3,5-6,9-11H2,1H3,(H,18,19). The van der Waals surface area contributed by atoms with E-state index in [0.717, 1.165) is 42.7 Å². The molecule has 2 saturated carbocycles. The summed E-state index contributed by atoms with van der Waals surface area (Å²) in [7, 11) is 1.64. The van der Waals surface area contributed by atoms with Crippen LogP contribution < -0.4 is 9.47 Å². The number of methoxy groups -OCH3 is 1. The molecule has 2 aliphatic carbocycles. The minimum Gasteiger partial charge on any atom is -0.493 e. The van der Waals surface area contributed by atoms with Gasteiger partial charge >= 0.3 is 5.97 Å². The fourth-order valence-electron chi connectivity index (χ4n) is 3.37. The number of carbonyl (C=O) groups is 1. The lowest BCUT2D eigenvalue weighted by atomic mass is 9.91. The van der Waals surface area contributed by atoms with E-state index in [2.05, 4.69) is 0 Å². The van der Waals surface area contributed by atoms with Crippen molar-refractivity contribution in [2.75, 3.05) is 7.11 Å². The van der Waals surface area contributed by atoms with Crippen molar-refractivity contribution >= 4 is 5.97 Å². The summed E-state index contributed by atoms with van der Waals surface area (Å²) in [6.07, 6.45) is 6.78. The fraction of sp³-hybridized carbons (Fsp3) is 0.588. The minimum atomic E-state index is -0.748. The van der Waals surface area contributed by atoms with Crippen LogP contribution in [-0.2, 0) is 10.2 Å². The Hall–Kier alpha value is -1.71. The molecule has 1 aromatic rings. The molecule has 0 unspecified atom stereocenters. The summed E-state index contributed by atoms with van der Waals surface area (Å²) in [5.74, 6) is 0.740. The van der Waals surface area contributed by atoms with E-state index in [1.54, 1.807) is 7.11 Å². The summed E-state index contributed by atoms with van der Waals surface area (Å²) in [4.78, 5) is 11.2. The molecular weight excluding hydrogens is 268 g/mol. The number of hydrogen-bond donors (Lipinski definition) is 1. The normalized spacial score (nSPS) is 20.2. The lowest BCUT2D eigenvalue weighted by molar-refractivity contribution is -0.137. The van der Waals surface area contributed by atoms with Crippen molar-refractivity contribution in [3.8, 4) is 11.5 Å². The van der Waals surface area contributed by atoms with E-state index >= 15 is 0 Å². The zero-order chi connectivity index (χ0) is 14.9. The molecular formula is C17H22O4. The highest BCUT2D eigenvalue weighted by Crippen LogP contribution is 2.55. The Balaban J connectivity index is 1.93. The van der Waals surface area contributed by atoms with Gasteiger partial charge < -0.3 is 14.6 Å². The number of hydrogen-bond acceptors (Lipinski definition) is 3. The van der Waals surface area contributed by atoms with Crippen LogP contribution in [0.25, 0.3) is 0 Å². The van der Waals surface area contributed by atoms with E-state index < -0.39 is 5.97 Å². The van der Waals surface area contributed by atoms with E-state index in [-0.39, 0.29) is 17.9 Å². The summed E-state index contributed by atoms with van der Waals surface area (Å²) in [5.41, 5.74) is 0.755. The molecule has 1 N–H and O–H groups in total. The molecule has 3 rings (SSSR count). The smallest absolute Gasteiger partial charge is 0.304 e. The van der Waals surface area contributed by atoms with Gasteiger partial charge in [0.25, 0.3) is 0 Å². The van der Waals surface area contributed by atoms with Crippen LogP contribution in [0.5, 0.6) is 11.5 Å². The second-order valence-corrected chi connectivity index (χ2v) is 6.21. The first kappa shape index (κ1) is 14.2. The van der Waals surface area contributed by atoms with E-state index in [1.165, 1.54) is 12.8 Å². The highest BCUT2D eigenvalue weighted by Gasteiger charge is 2.48. The van der Waals surface area contributed by atoms with Crippen LogP contribution in [0, 0.1) is 0 Å². The number of rotatable bonds is 6. The first-order valence-electron chi connectivity index (χ1n) is 7.70. The molecule has 0 aliphatic heterocycles. The summed E-state index contributed by atoms with van der Waals surface area (Å²) in [6.45, 7) is 0. The third-order valence-corrected chi connectivity index (χ3v) is 4.70. The number of para-hydroxylation sites is 1. The quantitative estimate of drug-likeness (QED) is 0.871. The predicted octanol–water partition coefficient (Wildman–Crippen LogP) is 3.52. The molecule has 2 aliphatic rings. The maximum absolute atomic E-state index is 11.2. The van der Waals surface area contributed by atoms with Crippen molar-refractivity contribution < 1.29 is 19.4 Å². The Morgan fingerprint density at radius 3 is 2.62 bits per heavy atom. The van der Waals surface area contributed by atoms with Gasteiger partial charge in [-0.25, -0.2) is 0 Å².